The van der Waals surface area contributed by atoms with E-state index in [0.717, 1.165) is 51.0 Å². The van der Waals surface area contributed by atoms with Gasteiger partial charge in [0.15, 0.2) is 0 Å². The maximum Gasteiger partial charge on any atom is 0.132 e. The van der Waals surface area contributed by atoms with E-state index in [1.54, 1.807) is 0 Å². The fourth-order valence-corrected chi connectivity index (χ4v) is 1.54. The van der Waals surface area contributed by atoms with Crippen LogP contribution < -0.4 is 5.73 Å². The van der Waals surface area contributed by atoms with E-state index in [9.17, 15) is 4.79 Å². The summed E-state index contributed by atoms with van der Waals surface area (Å²) >= 11 is 0. The summed E-state index contributed by atoms with van der Waals surface area (Å²) in [6.07, 6.45) is 8.71. The Labute approximate surface area is 80.9 Å². The number of ketones is 1. The van der Waals surface area contributed by atoms with E-state index in [1.807, 2.05) is 0 Å². The van der Waals surface area contributed by atoms with Gasteiger partial charge in [-0.15, -0.1) is 0 Å². The summed E-state index contributed by atoms with van der Waals surface area (Å²) in [4.78, 5) is 11.3. The van der Waals surface area contributed by atoms with E-state index in [0.29, 0.717) is 5.78 Å². The van der Waals surface area contributed by atoms with Gasteiger partial charge in [0.05, 0.1) is 0 Å². The molecule has 76 valence electrons. The number of nitrogens with two attached hydrogens (primary N) is 1. The molecule has 1 rings (SSSR count). The molecule has 0 atom stereocenters. The van der Waals surface area contributed by atoms with Crippen molar-refractivity contribution in [3.8, 4) is 0 Å². The van der Waals surface area contributed by atoms with E-state index in [2.05, 4.69) is 0 Å². The third kappa shape index (κ3) is 5.81. The lowest BCUT2D eigenvalue weighted by Gasteiger charge is -1.99. The van der Waals surface area contributed by atoms with Gasteiger partial charge in [-0.1, -0.05) is 19.3 Å². The predicted octanol–water partition coefficient (Wildman–Crippen LogP) is 2.26. The monoisotopic (exact) mass is 183 g/mol. The standard InChI is InChI=1S/C11H21NO/c12-9-3-1-2-4-11(13)8-7-10-5-6-10/h10H,1-9,12H2. The van der Waals surface area contributed by atoms with Crippen molar-refractivity contribution >= 4 is 5.78 Å². The Bertz CT molecular complexity index is 152. The first-order valence-corrected chi connectivity index (χ1v) is 5.54. The molecule has 13 heavy (non-hydrogen) atoms. The number of unbranched alkanes of at least 4 members (excludes halogenated alkanes) is 2. The first kappa shape index (κ1) is 10.7. The van der Waals surface area contributed by atoms with Crippen molar-refractivity contribution in [3.05, 3.63) is 0 Å². The van der Waals surface area contributed by atoms with E-state index in [-0.39, 0.29) is 0 Å². The highest BCUT2D eigenvalue weighted by atomic mass is 16.1. The van der Waals surface area contributed by atoms with Crippen molar-refractivity contribution in [2.24, 2.45) is 11.7 Å². The van der Waals surface area contributed by atoms with Gasteiger partial charge in [-0.25, -0.2) is 0 Å². The molecule has 1 aliphatic rings. The second-order valence-corrected chi connectivity index (χ2v) is 4.12. The summed E-state index contributed by atoms with van der Waals surface area (Å²) < 4.78 is 0. The molecule has 1 aliphatic carbocycles. The largest absolute Gasteiger partial charge is 0.330 e. The number of hydrogen-bond donors (Lipinski definition) is 1. The van der Waals surface area contributed by atoms with Gasteiger partial charge in [-0.05, 0) is 31.7 Å². The molecule has 0 aromatic carbocycles. The molecule has 2 N–H and O–H groups in total. The van der Waals surface area contributed by atoms with E-state index in [1.165, 1.54) is 12.8 Å². The number of carbonyl (C=O) groups is 1. The fourth-order valence-electron chi connectivity index (χ4n) is 1.54. The zero-order valence-corrected chi connectivity index (χ0v) is 8.43. The van der Waals surface area contributed by atoms with Gasteiger partial charge in [0.2, 0.25) is 0 Å². The average molecular weight is 183 g/mol. The lowest BCUT2D eigenvalue weighted by molar-refractivity contribution is -0.119. The third-order valence-electron chi connectivity index (χ3n) is 2.69. The van der Waals surface area contributed by atoms with Crippen molar-refractivity contribution in [1.82, 2.24) is 0 Å². The molecule has 0 amide bonds. The van der Waals surface area contributed by atoms with Crippen LogP contribution in [-0.2, 0) is 4.79 Å². The van der Waals surface area contributed by atoms with Crippen LogP contribution in [0.2, 0.25) is 0 Å². The Balaban J connectivity index is 1.84. The molecule has 0 aliphatic heterocycles. The van der Waals surface area contributed by atoms with Gasteiger partial charge in [-0.2, -0.15) is 0 Å². The minimum Gasteiger partial charge on any atom is -0.330 e. The molecule has 0 aromatic rings. The second-order valence-electron chi connectivity index (χ2n) is 4.12. The van der Waals surface area contributed by atoms with Gasteiger partial charge in [0.25, 0.3) is 0 Å². The number of hydrogen-bond acceptors (Lipinski definition) is 2. The predicted molar refractivity (Wildman–Crippen MR) is 54.5 cm³/mol. The van der Waals surface area contributed by atoms with Crippen molar-refractivity contribution in [2.45, 2.75) is 51.4 Å². The lowest BCUT2D eigenvalue weighted by Crippen LogP contribution is -2.01. The number of carbonyl (C=O) groups excluding carboxylic acids is 1. The van der Waals surface area contributed by atoms with Crippen LogP contribution in [0, 0.1) is 5.92 Å². The molecule has 2 heteroatoms. The summed E-state index contributed by atoms with van der Waals surface area (Å²) in [5.41, 5.74) is 5.37. The maximum atomic E-state index is 11.3. The van der Waals surface area contributed by atoms with Crippen LogP contribution in [0.1, 0.15) is 51.4 Å². The van der Waals surface area contributed by atoms with Crippen LogP contribution in [0.25, 0.3) is 0 Å². The van der Waals surface area contributed by atoms with E-state index >= 15 is 0 Å². The third-order valence-corrected chi connectivity index (χ3v) is 2.69. The highest BCUT2D eigenvalue weighted by Gasteiger charge is 2.21. The average Bonchev–Trinajstić information content (AvgIpc) is 2.92. The Morgan fingerprint density at radius 3 is 2.54 bits per heavy atom. The highest BCUT2D eigenvalue weighted by molar-refractivity contribution is 5.78. The summed E-state index contributed by atoms with van der Waals surface area (Å²) in [6.45, 7) is 0.760. The number of Topliss-reactive ketones (excluding diaryl/α,β-unsaturated/α-hetero) is 1. The number of rotatable bonds is 8. The van der Waals surface area contributed by atoms with Crippen LogP contribution in [0.4, 0.5) is 0 Å². The highest BCUT2D eigenvalue weighted by Crippen LogP contribution is 2.33. The van der Waals surface area contributed by atoms with Gasteiger partial charge in [-0.3, -0.25) is 4.79 Å². The SMILES string of the molecule is NCCCCCC(=O)CCC1CC1. The zero-order chi connectivity index (χ0) is 9.52. The molecule has 2 nitrogen and oxygen atoms in total. The molecule has 1 saturated carbocycles. The Hall–Kier alpha value is -0.370. The summed E-state index contributed by atoms with van der Waals surface area (Å²) in [7, 11) is 0. The smallest absolute Gasteiger partial charge is 0.132 e. The van der Waals surface area contributed by atoms with E-state index < -0.39 is 0 Å². The second kappa shape index (κ2) is 6.14. The normalized spacial score (nSPS) is 16.1. The van der Waals surface area contributed by atoms with Crippen LogP contribution in [0.3, 0.4) is 0 Å². The summed E-state index contributed by atoms with van der Waals surface area (Å²) in [5, 5.41) is 0. The maximum absolute atomic E-state index is 11.3. The molecule has 1 fully saturated rings. The van der Waals surface area contributed by atoms with Crippen molar-refractivity contribution in [2.75, 3.05) is 6.54 Å². The van der Waals surface area contributed by atoms with Gasteiger partial charge in [0, 0.05) is 12.8 Å². The molecular weight excluding hydrogens is 162 g/mol. The minimum absolute atomic E-state index is 0.462. The Kier molecular flexibility index (Phi) is 5.06. The zero-order valence-electron chi connectivity index (χ0n) is 8.43. The van der Waals surface area contributed by atoms with Crippen LogP contribution >= 0.6 is 0 Å². The van der Waals surface area contributed by atoms with E-state index in [4.69, 9.17) is 5.73 Å². The molecule has 0 aromatic heterocycles. The first-order valence-electron chi connectivity index (χ1n) is 5.54. The quantitative estimate of drug-likeness (QED) is 0.586. The van der Waals surface area contributed by atoms with Crippen LogP contribution in [0.15, 0.2) is 0 Å². The van der Waals surface area contributed by atoms with Crippen LogP contribution in [0.5, 0.6) is 0 Å². The molecular formula is C11H21NO. The summed E-state index contributed by atoms with van der Waals surface area (Å²) in [6, 6.07) is 0. The van der Waals surface area contributed by atoms with Gasteiger partial charge < -0.3 is 5.73 Å². The molecule has 0 bridgehead atoms. The Morgan fingerprint density at radius 1 is 1.15 bits per heavy atom. The van der Waals surface area contributed by atoms with Gasteiger partial charge >= 0.3 is 0 Å². The minimum atomic E-state index is 0.462. The fraction of sp³-hybridized carbons (Fsp3) is 0.909. The molecule has 0 saturated heterocycles. The lowest BCUT2D eigenvalue weighted by atomic mass is 10.1. The summed E-state index contributed by atoms with van der Waals surface area (Å²) in [5.74, 6) is 1.36. The van der Waals surface area contributed by atoms with Crippen molar-refractivity contribution in [3.63, 3.8) is 0 Å². The van der Waals surface area contributed by atoms with Gasteiger partial charge in [0.1, 0.15) is 5.78 Å². The van der Waals surface area contributed by atoms with Crippen molar-refractivity contribution in [1.29, 1.82) is 0 Å². The molecule has 0 radical (unpaired) electrons. The first-order chi connectivity index (χ1) is 6.33. The Morgan fingerprint density at radius 2 is 1.92 bits per heavy atom. The molecule has 0 heterocycles. The molecule has 0 spiro atoms. The molecule has 0 unspecified atom stereocenters. The van der Waals surface area contributed by atoms with Crippen LogP contribution in [-0.4, -0.2) is 12.3 Å². The topological polar surface area (TPSA) is 43.1 Å². The van der Waals surface area contributed by atoms with Crippen molar-refractivity contribution < 1.29 is 4.79 Å².